The molecule has 6 nitrogen and oxygen atoms in total. The SMILES string of the molecule is CC(C)(CCN)CCC(=O)NC(CO)(CO)CO. The Balaban J connectivity index is 4.26. The van der Waals surface area contributed by atoms with Gasteiger partial charge in [-0.2, -0.15) is 0 Å². The molecule has 1 amide bonds. The van der Waals surface area contributed by atoms with Gasteiger partial charge in [-0.25, -0.2) is 0 Å². The molecule has 0 atom stereocenters. The van der Waals surface area contributed by atoms with Crippen LogP contribution in [0.1, 0.15) is 33.1 Å². The van der Waals surface area contributed by atoms with Crippen molar-refractivity contribution >= 4 is 5.91 Å². The lowest BCUT2D eigenvalue weighted by atomic mass is 9.84. The molecule has 0 aliphatic rings. The predicted molar refractivity (Wildman–Crippen MR) is 68.8 cm³/mol. The van der Waals surface area contributed by atoms with Crippen LogP contribution in [0, 0.1) is 5.41 Å². The first-order valence-electron chi connectivity index (χ1n) is 6.18. The molecule has 108 valence electrons. The molecule has 0 aliphatic carbocycles. The van der Waals surface area contributed by atoms with Crippen LogP contribution in [0.25, 0.3) is 0 Å². The molecule has 18 heavy (non-hydrogen) atoms. The van der Waals surface area contributed by atoms with Gasteiger partial charge in [-0.1, -0.05) is 13.8 Å². The summed E-state index contributed by atoms with van der Waals surface area (Å²) in [7, 11) is 0. The van der Waals surface area contributed by atoms with Crippen molar-refractivity contribution in [3.63, 3.8) is 0 Å². The first kappa shape index (κ1) is 17.3. The highest BCUT2D eigenvalue weighted by Gasteiger charge is 2.30. The third kappa shape index (κ3) is 5.77. The zero-order chi connectivity index (χ0) is 14.2. The zero-order valence-electron chi connectivity index (χ0n) is 11.3. The highest BCUT2D eigenvalue weighted by atomic mass is 16.3. The third-order valence-corrected chi connectivity index (χ3v) is 3.16. The average Bonchev–Trinajstić information content (AvgIpc) is 2.34. The second-order valence-electron chi connectivity index (χ2n) is 5.51. The molecule has 0 radical (unpaired) electrons. The largest absolute Gasteiger partial charge is 0.394 e. The highest BCUT2D eigenvalue weighted by molar-refractivity contribution is 5.76. The first-order valence-corrected chi connectivity index (χ1v) is 6.18. The third-order valence-electron chi connectivity index (χ3n) is 3.16. The second-order valence-corrected chi connectivity index (χ2v) is 5.51. The summed E-state index contributed by atoms with van der Waals surface area (Å²) in [6.45, 7) is 3.13. The van der Waals surface area contributed by atoms with Crippen molar-refractivity contribution in [3.8, 4) is 0 Å². The van der Waals surface area contributed by atoms with E-state index in [-0.39, 0.29) is 17.7 Å². The standard InChI is InChI=1S/C12H26N2O4/c1-11(2,5-6-13)4-3-10(18)14-12(7-15,8-16)9-17/h15-17H,3-9,13H2,1-2H3,(H,14,18). The molecule has 0 heterocycles. The van der Waals surface area contributed by atoms with E-state index in [2.05, 4.69) is 5.32 Å². The van der Waals surface area contributed by atoms with E-state index in [1.54, 1.807) is 0 Å². The Kier molecular flexibility index (Phi) is 7.39. The van der Waals surface area contributed by atoms with E-state index in [0.717, 1.165) is 6.42 Å². The number of aliphatic hydroxyl groups excluding tert-OH is 3. The van der Waals surface area contributed by atoms with Crippen molar-refractivity contribution in [2.24, 2.45) is 11.1 Å². The fraction of sp³-hybridized carbons (Fsp3) is 0.917. The molecular weight excluding hydrogens is 236 g/mol. The lowest BCUT2D eigenvalue weighted by Crippen LogP contribution is -2.57. The Morgan fingerprint density at radius 1 is 1.11 bits per heavy atom. The Hall–Kier alpha value is -0.690. The van der Waals surface area contributed by atoms with Gasteiger partial charge in [-0.15, -0.1) is 0 Å². The molecule has 6 heteroatoms. The maximum Gasteiger partial charge on any atom is 0.220 e. The number of aliphatic hydroxyl groups is 3. The van der Waals surface area contributed by atoms with Crippen LogP contribution in [0.5, 0.6) is 0 Å². The molecule has 0 bridgehead atoms. The topological polar surface area (TPSA) is 116 Å². The molecule has 0 aromatic heterocycles. The van der Waals surface area contributed by atoms with Crippen LogP contribution in [0.15, 0.2) is 0 Å². The van der Waals surface area contributed by atoms with Crippen LogP contribution in [-0.2, 0) is 4.79 Å². The molecule has 6 N–H and O–H groups in total. The van der Waals surface area contributed by atoms with Crippen molar-refractivity contribution in [2.45, 2.75) is 38.6 Å². The summed E-state index contributed by atoms with van der Waals surface area (Å²) in [5, 5.41) is 29.7. The summed E-state index contributed by atoms with van der Waals surface area (Å²) in [6, 6.07) is 0. The number of amides is 1. The minimum Gasteiger partial charge on any atom is -0.394 e. The van der Waals surface area contributed by atoms with Crippen molar-refractivity contribution in [1.82, 2.24) is 5.32 Å². The monoisotopic (exact) mass is 262 g/mol. The average molecular weight is 262 g/mol. The zero-order valence-corrected chi connectivity index (χ0v) is 11.3. The van der Waals surface area contributed by atoms with Crippen molar-refractivity contribution in [2.75, 3.05) is 26.4 Å². The van der Waals surface area contributed by atoms with Crippen molar-refractivity contribution in [3.05, 3.63) is 0 Å². The van der Waals surface area contributed by atoms with Gasteiger partial charge in [-0.05, 0) is 24.8 Å². The normalized spacial score (nSPS) is 12.6. The number of hydrogen-bond acceptors (Lipinski definition) is 5. The summed E-state index contributed by atoms with van der Waals surface area (Å²) in [6.07, 6.45) is 1.76. The summed E-state index contributed by atoms with van der Waals surface area (Å²) in [4.78, 5) is 11.7. The van der Waals surface area contributed by atoms with Gasteiger partial charge >= 0.3 is 0 Å². The molecule has 0 rings (SSSR count). The van der Waals surface area contributed by atoms with Gasteiger partial charge in [0.25, 0.3) is 0 Å². The fourth-order valence-electron chi connectivity index (χ4n) is 1.59. The number of carbonyl (C=O) groups excluding carboxylic acids is 1. The fourth-order valence-corrected chi connectivity index (χ4v) is 1.59. The molecule has 0 aromatic carbocycles. The summed E-state index contributed by atoms with van der Waals surface area (Å²) >= 11 is 0. The van der Waals surface area contributed by atoms with Crippen LogP contribution in [0.4, 0.5) is 0 Å². The highest BCUT2D eigenvalue weighted by Crippen LogP contribution is 2.25. The van der Waals surface area contributed by atoms with Gasteiger partial charge in [0.1, 0.15) is 5.54 Å². The molecule has 0 fully saturated rings. The Morgan fingerprint density at radius 3 is 2.00 bits per heavy atom. The number of nitrogens with two attached hydrogens (primary N) is 1. The predicted octanol–water partition coefficient (Wildman–Crippen LogP) is -1.03. The summed E-state index contributed by atoms with van der Waals surface area (Å²) in [5.74, 6) is -0.294. The molecular formula is C12H26N2O4. The van der Waals surface area contributed by atoms with Gasteiger partial charge in [0.05, 0.1) is 19.8 Å². The van der Waals surface area contributed by atoms with Crippen LogP contribution in [0.2, 0.25) is 0 Å². The van der Waals surface area contributed by atoms with E-state index < -0.39 is 25.4 Å². The van der Waals surface area contributed by atoms with E-state index in [1.807, 2.05) is 13.8 Å². The van der Waals surface area contributed by atoms with Crippen LogP contribution in [0.3, 0.4) is 0 Å². The van der Waals surface area contributed by atoms with E-state index >= 15 is 0 Å². The van der Waals surface area contributed by atoms with Crippen molar-refractivity contribution in [1.29, 1.82) is 0 Å². The maximum atomic E-state index is 11.7. The van der Waals surface area contributed by atoms with Crippen LogP contribution in [-0.4, -0.2) is 53.1 Å². The second kappa shape index (κ2) is 7.68. The summed E-state index contributed by atoms with van der Waals surface area (Å²) in [5.41, 5.74) is 4.13. The minimum atomic E-state index is -1.34. The number of nitrogens with one attached hydrogen (secondary N) is 1. The minimum absolute atomic E-state index is 0.0214. The first-order chi connectivity index (χ1) is 8.34. The van der Waals surface area contributed by atoms with Gasteiger partial charge < -0.3 is 26.4 Å². The number of rotatable bonds is 9. The Labute approximate surface area is 108 Å². The number of carbonyl (C=O) groups is 1. The van der Waals surface area contributed by atoms with Gasteiger partial charge in [0.2, 0.25) is 5.91 Å². The molecule has 0 unspecified atom stereocenters. The van der Waals surface area contributed by atoms with Gasteiger partial charge in [0.15, 0.2) is 0 Å². The van der Waals surface area contributed by atoms with E-state index in [0.29, 0.717) is 13.0 Å². The van der Waals surface area contributed by atoms with Crippen molar-refractivity contribution < 1.29 is 20.1 Å². The molecule has 0 spiro atoms. The van der Waals surface area contributed by atoms with E-state index in [1.165, 1.54) is 0 Å². The lowest BCUT2D eigenvalue weighted by molar-refractivity contribution is -0.126. The van der Waals surface area contributed by atoms with Gasteiger partial charge in [0, 0.05) is 6.42 Å². The Bertz CT molecular complexity index is 244. The smallest absolute Gasteiger partial charge is 0.220 e. The van der Waals surface area contributed by atoms with Gasteiger partial charge in [-0.3, -0.25) is 4.79 Å². The summed E-state index contributed by atoms with van der Waals surface area (Å²) < 4.78 is 0. The maximum absolute atomic E-state index is 11.7. The lowest BCUT2D eigenvalue weighted by Gasteiger charge is -2.30. The van der Waals surface area contributed by atoms with Crippen LogP contribution < -0.4 is 11.1 Å². The quantitative estimate of drug-likeness (QED) is 0.364. The molecule has 0 aromatic rings. The molecule has 0 saturated heterocycles. The Morgan fingerprint density at radius 2 is 1.61 bits per heavy atom. The van der Waals surface area contributed by atoms with E-state index in [9.17, 15) is 4.79 Å². The number of hydrogen-bond donors (Lipinski definition) is 5. The molecule has 0 saturated carbocycles. The van der Waals surface area contributed by atoms with E-state index in [4.69, 9.17) is 21.1 Å². The molecule has 0 aliphatic heterocycles. The van der Waals surface area contributed by atoms with Crippen LogP contribution >= 0.6 is 0 Å².